The molecule has 0 radical (unpaired) electrons. The Morgan fingerprint density at radius 1 is 1.56 bits per heavy atom. The Morgan fingerprint density at radius 3 is 2.72 bits per heavy atom. The molecular formula is C13H17BrN2OS. The standard InChI is InChI=1S/C13H17BrN2OS/c1-3-13(2,11(15)18)12(17)16-8-9-5-4-6-10(14)7-9/h4-7H,3,8H2,1-2H3,(H2,15,18)(H,16,17). The van der Waals surface area contributed by atoms with E-state index in [0.29, 0.717) is 13.0 Å². The number of rotatable bonds is 5. The van der Waals surface area contributed by atoms with E-state index in [-0.39, 0.29) is 10.9 Å². The predicted molar refractivity (Wildman–Crippen MR) is 81.2 cm³/mol. The summed E-state index contributed by atoms with van der Waals surface area (Å²) < 4.78 is 0.988. The Hall–Kier alpha value is -0.940. The molecule has 0 aromatic heterocycles. The van der Waals surface area contributed by atoms with E-state index >= 15 is 0 Å². The van der Waals surface area contributed by atoms with Gasteiger partial charge in [0.1, 0.15) is 0 Å². The molecule has 1 amide bonds. The van der Waals surface area contributed by atoms with E-state index < -0.39 is 5.41 Å². The molecule has 1 aromatic rings. The second-order valence-electron chi connectivity index (χ2n) is 4.36. The van der Waals surface area contributed by atoms with E-state index in [9.17, 15) is 4.79 Å². The van der Waals surface area contributed by atoms with Crippen molar-refractivity contribution in [3.63, 3.8) is 0 Å². The van der Waals surface area contributed by atoms with Gasteiger partial charge in [0.15, 0.2) is 0 Å². The lowest BCUT2D eigenvalue weighted by molar-refractivity contribution is -0.127. The number of thiocarbonyl (C=S) groups is 1. The van der Waals surface area contributed by atoms with Crippen LogP contribution in [0.5, 0.6) is 0 Å². The van der Waals surface area contributed by atoms with E-state index in [1.807, 2.05) is 31.2 Å². The summed E-state index contributed by atoms with van der Waals surface area (Å²) >= 11 is 8.36. The summed E-state index contributed by atoms with van der Waals surface area (Å²) in [4.78, 5) is 12.3. The molecule has 0 aliphatic rings. The van der Waals surface area contributed by atoms with Crippen molar-refractivity contribution in [1.29, 1.82) is 0 Å². The minimum absolute atomic E-state index is 0.127. The maximum Gasteiger partial charge on any atom is 0.233 e. The molecule has 0 aliphatic heterocycles. The number of benzene rings is 1. The Kier molecular flexibility index (Phi) is 5.28. The van der Waals surface area contributed by atoms with Crippen LogP contribution < -0.4 is 11.1 Å². The van der Waals surface area contributed by atoms with Crippen LogP contribution in [0.25, 0.3) is 0 Å². The number of amides is 1. The number of hydrogen-bond donors (Lipinski definition) is 2. The number of carbonyl (C=O) groups excluding carboxylic acids is 1. The summed E-state index contributed by atoms with van der Waals surface area (Å²) in [6.07, 6.45) is 0.590. The highest BCUT2D eigenvalue weighted by atomic mass is 79.9. The van der Waals surface area contributed by atoms with E-state index in [2.05, 4.69) is 21.2 Å². The van der Waals surface area contributed by atoms with E-state index in [1.165, 1.54) is 0 Å². The average molecular weight is 329 g/mol. The van der Waals surface area contributed by atoms with E-state index in [0.717, 1.165) is 10.0 Å². The number of nitrogens with one attached hydrogen (secondary N) is 1. The minimum atomic E-state index is -0.776. The molecule has 1 atom stereocenters. The molecule has 0 fully saturated rings. The van der Waals surface area contributed by atoms with Gasteiger partial charge in [0.25, 0.3) is 0 Å². The van der Waals surface area contributed by atoms with Crippen LogP contribution in [0.2, 0.25) is 0 Å². The molecule has 1 unspecified atom stereocenters. The van der Waals surface area contributed by atoms with Gasteiger partial charge in [-0.3, -0.25) is 4.79 Å². The first-order valence-electron chi connectivity index (χ1n) is 5.73. The van der Waals surface area contributed by atoms with Gasteiger partial charge in [-0.25, -0.2) is 0 Å². The molecule has 0 spiro atoms. The third-order valence-corrected chi connectivity index (χ3v) is 4.04. The van der Waals surface area contributed by atoms with E-state index in [1.54, 1.807) is 6.92 Å². The summed E-state index contributed by atoms with van der Waals surface area (Å²) in [5, 5.41) is 2.87. The summed E-state index contributed by atoms with van der Waals surface area (Å²) in [6, 6.07) is 7.79. The van der Waals surface area contributed by atoms with Crippen LogP contribution in [0.1, 0.15) is 25.8 Å². The molecule has 98 valence electrons. The molecule has 0 bridgehead atoms. The molecule has 3 N–H and O–H groups in total. The third-order valence-electron chi connectivity index (χ3n) is 3.09. The van der Waals surface area contributed by atoms with Crippen molar-refractivity contribution in [3.05, 3.63) is 34.3 Å². The molecule has 0 saturated carbocycles. The fourth-order valence-corrected chi connectivity index (χ4v) is 2.15. The fourth-order valence-electron chi connectivity index (χ4n) is 1.47. The Labute approximate surface area is 121 Å². The summed E-state index contributed by atoms with van der Waals surface area (Å²) in [5.74, 6) is -0.127. The molecule has 3 nitrogen and oxygen atoms in total. The van der Waals surface area contributed by atoms with Gasteiger partial charge in [0.2, 0.25) is 5.91 Å². The van der Waals surface area contributed by atoms with Crippen molar-refractivity contribution < 1.29 is 4.79 Å². The SMILES string of the molecule is CCC(C)(C(=O)NCc1cccc(Br)c1)C(N)=S. The first kappa shape index (κ1) is 15.1. The summed E-state index contributed by atoms with van der Waals surface area (Å²) in [5.41, 5.74) is 5.89. The second kappa shape index (κ2) is 6.29. The van der Waals surface area contributed by atoms with Gasteiger partial charge < -0.3 is 11.1 Å². The largest absolute Gasteiger partial charge is 0.392 e. The molecule has 18 heavy (non-hydrogen) atoms. The number of halogens is 1. The Bertz CT molecular complexity index is 464. The number of hydrogen-bond acceptors (Lipinski definition) is 2. The van der Waals surface area contributed by atoms with Crippen LogP contribution in [-0.4, -0.2) is 10.9 Å². The maximum absolute atomic E-state index is 12.1. The lowest BCUT2D eigenvalue weighted by atomic mass is 9.86. The molecule has 1 rings (SSSR count). The topological polar surface area (TPSA) is 55.1 Å². The smallest absolute Gasteiger partial charge is 0.233 e. The minimum Gasteiger partial charge on any atom is -0.392 e. The van der Waals surface area contributed by atoms with Crippen LogP contribution in [0.15, 0.2) is 28.7 Å². The van der Waals surface area contributed by atoms with Crippen molar-refractivity contribution in [3.8, 4) is 0 Å². The molecule has 0 saturated heterocycles. The van der Waals surface area contributed by atoms with Gasteiger partial charge in [-0.15, -0.1) is 0 Å². The monoisotopic (exact) mass is 328 g/mol. The lowest BCUT2D eigenvalue weighted by Gasteiger charge is -2.25. The average Bonchev–Trinajstić information content (AvgIpc) is 2.34. The first-order chi connectivity index (χ1) is 8.40. The second-order valence-corrected chi connectivity index (χ2v) is 5.72. The highest BCUT2D eigenvalue weighted by molar-refractivity contribution is 9.10. The van der Waals surface area contributed by atoms with Gasteiger partial charge in [0.05, 0.1) is 10.4 Å². The van der Waals surface area contributed by atoms with Crippen molar-refractivity contribution >= 4 is 39.0 Å². The zero-order valence-electron chi connectivity index (χ0n) is 10.5. The van der Waals surface area contributed by atoms with Crippen LogP contribution in [0, 0.1) is 5.41 Å². The highest BCUT2D eigenvalue weighted by Gasteiger charge is 2.34. The van der Waals surface area contributed by atoms with Crippen LogP contribution >= 0.6 is 28.1 Å². The van der Waals surface area contributed by atoms with Gasteiger partial charge in [0, 0.05) is 11.0 Å². The number of carbonyl (C=O) groups is 1. The molecule has 0 heterocycles. The van der Waals surface area contributed by atoms with E-state index in [4.69, 9.17) is 18.0 Å². The lowest BCUT2D eigenvalue weighted by Crippen LogP contribution is -2.46. The van der Waals surface area contributed by atoms with Crippen molar-refractivity contribution in [2.24, 2.45) is 11.1 Å². The Morgan fingerprint density at radius 2 is 2.22 bits per heavy atom. The van der Waals surface area contributed by atoms with Crippen LogP contribution in [-0.2, 0) is 11.3 Å². The van der Waals surface area contributed by atoms with Gasteiger partial charge in [-0.2, -0.15) is 0 Å². The van der Waals surface area contributed by atoms with Crippen LogP contribution in [0.4, 0.5) is 0 Å². The first-order valence-corrected chi connectivity index (χ1v) is 6.93. The van der Waals surface area contributed by atoms with Crippen molar-refractivity contribution in [2.75, 3.05) is 0 Å². The summed E-state index contributed by atoms with van der Waals surface area (Å²) in [6.45, 7) is 4.14. The summed E-state index contributed by atoms with van der Waals surface area (Å²) in [7, 11) is 0. The van der Waals surface area contributed by atoms with Crippen LogP contribution in [0.3, 0.4) is 0 Å². The number of nitrogens with two attached hydrogens (primary N) is 1. The van der Waals surface area contributed by atoms with Crippen molar-refractivity contribution in [1.82, 2.24) is 5.32 Å². The third kappa shape index (κ3) is 3.53. The zero-order chi connectivity index (χ0) is 13.8. The zero-order valence-corrected chi connectivity index (χ0v) is 12.9. The fraction of sp³-hybridized carbons (Fsp3) is 0.385. The van der Waals surface area contributed by atoms with Gasteiger partial charge in [-0.05, 0) is 31.0 Å². The Balaban J connectivity index is 2.69. The molecular weight excluding hydrogens is 312 g/mol. The predicted octanol–water partition coefficient (Wildman–Crippen LogP) is 2.77. The molecule has 5 heteroatoms. The van der Waals surface area contributed by atoms with Gasteiger partial charge in [-0.1, -0.05) is 47.2 Å². The highest BCUT2D eigenvalue weighted by Crippen LogP contribution is 2.22. The normalized spacial score (nSPS) is 13.7. The van der Waals surface area contributed by atoms with Gasteiger partial charge >= 0.3 is 0 Å². The maximum atomic E-state index is 12.1. The van der Waals surface area contributed by atoms with Crippen molar-refractivity contribution in [2.45, 2.75) is 26.8 Å². The molecule has 1 aromatic carbocycles. The quantitative estimate of drug-likeness (QED) is 0.817. The molecule has 0 aliphatic carbocycles.